The first kappa shape index (κ1) is 20.6. The van der Waals surface area contributed by atoms with Crippen LogP contribution in [-0.2, 0) is 5.41 Å². The summed E-state index contributed by atoms with van der Waals surface area (Å²) in [5, 5.41) is 3.31. The molecule has 0 heterocycles. The van der Waals surface area contributed by atoms with Crippen molar-refractivity contribution in [2.24, 2.45) is 0 Å². The van der Waals surface area contributed by atoms with Crippen LogP contribution in [-0.4, -0.2) is 14.4 Å². The number of rotatable bonds is 6. The van der Waals surface area contributed by atoms with E-state index in [1.807, 2.05) is 0 Å². The van der Waals surface area contributed by atoms with Crippen LogP contribution in [0.25, 0.3) is 6.08 Å². The van der Waals surface area contributed by atoms with Crippen molar-refractivity contribution in [3.05, 3.63) is 96.1 Å². The fourth-order valence-corrected chi connectivity index (χ4v) is 5.12. The lowest BCUT2D eigenvalue weighted by Gasteiger charge is -2.23. The van der Waals surface area contributed by atoms with E-state index in [0.29, 0.717) is 0 Å². The Morgan fingerprint density at radius 2 is 1.43 bits per heavy atom. The van der Waals surface area contributed by atoms with Gasteiger partial charge in [0.05, 0.1) is 0 Å². The van der Waals surface area contributed by atoms with Crippen molar-refractivity contribution in [3.63, 3.8) is 0 Å². The molecule has 0 N–H and O–H groups in total. The van der Waals surface area contributed by atoms with Crippen LogP contribution < -0.4 is 14.8 Å². The van der Waals surface area contributed by atoms with Crippen molar-refractivity contribution in [1.82, 2.24) is 0 Å². The lowest BCUT2D eigenvalue weighted by molar-refractivity contribution is 0.565. The standard InChI is InChI=1S/C25H26BrOSi/c1-25(2,3)21-17-16-20(11-10-18-26)24(19-21)27-28(22-12-6-4-7-13-22)23-14-8-5-9-15-23/h4-17,19H,18H2,1-3H3/b11-10+. The van der Waals surface area contributed by atoms with Gasteiger partial charge in [0, 0.05) is 10.9 Å². The first-order valence-electron chi connectivity index (χ1n) is 9.52. The third-order valence-electron chi connectivity index (χ3n) is 4.55. The molecule has 143 valence electrons. The number of hydrogen-bond donors (Lipinski definition) is 0. The Labute approximate surface area is 178 Å². The molecule has 28 heavy (non-hydrogen) atoms. The molecule has 3 aromatic carbocycles. The molecule has 1 nitrogen and oxygen atoms in total. The summed E-state index contributed by atoms with van der Waals surface area (Å²) < 4.78 is 6.79. The number of benzene rings is 3. The van der Waals surface area contributed by atoms with Crippen molar-refractivity contribution in [2.75, 3.05) is 5.33 Å². The summed E-state index contributed by atoms with van der Waals surface area (Å²) in [5.74, 6) is 0.950. The fourth-order valence-electron chi connectivity index (χ4n) is 2.97. The van der Waals surface area contributed by atoms with E-state index in [9.17, 15) is 0 Å². The van der Waals surface area contributed by atoms with Crippen molar-refractivity contribution < 1.29 is 4.43 Å². The number of halogens is 1. The zero-order valence-electron chi connectivity index (χ0n) is 16.7. The van der Waals surface area contributed by atoms with Gasteiger partial charge in [-0.2, -0.15) is 0 Å². The predicted octanol–water partition coefficient (Wildman–Crippen LogP) is 5.58. The van der Waals surface area contributed by atoms with E-state index in [0.717, 1.165) is 16.6 Å². The van der Waals surface area contributed by atoms with E-state index < -0.39 is 9.04 Å². The Hall–Kier alpha value is -2.10. The molecule has 0 saturated carbocycles. The van der Waals surface area contributed by atoms with Crippen molar-refractivity contribution in [2.45, 2.75) is 26.2 Å². The molecule has 0 unspecified atom stereocenters. The van der Waals surface area contributed by atoms with Crippen molar-refractivity contribution >= 4 is 41.4 Å². The molecule has 0 atom stereocenters. The average Bonchev–Trinajstić information content (AvgIpc) is 2.71. The number of hydrogen-bond acceptors (Lipinski definition) is 1. The summed E-state index contributed by atoms with van der Waals surface area (Å²) in [6, 6.07) is 27.7. The highest BCUT2D eigenvalue weighted by atomic mass is 79.9. The second-order valence-corrected chi connectivity index (χ2v) is 10.4. The Bertz CT molecular complexity index is 875. The van der Waals surface area contributed by atoms with E-state index in [1.165, 1.54) is 15.9 Å². The van der Waals surface area contributed by atoms with Crippen LogP contribution >= 0.6 is 15.9 Å². The molecule has 0 amide bonds. The molecule has 0 spiro atoms. The van der Waals surface area contributed by atoms with Gasteiger partial charge >= 0.3 is 9.04 Å². The lowest BCUT2D eigenvalue weighted by atomic mass is 9.86. The minimum absolute atomic E-state index is 0.0716. The minimum Gasteiger partial charge on any atom is -0.532 e. The van der Waals surface area contributed by atoms with Gasteiger partial charge in [0.2, 0.25) is 0 Å². The summed E-state index contributed by atoms with van der Waals surface area (Å²) in [5.41, 5.74) is 2.46. The van der Waals surface area contributed by atoms with Crippen LogP contribution in [0, 0.1) is 0 Å². The van der Waals surface area contributed by atoms with E-state index in [2.05, 4.69) is 128 Å². The lowest BCUT2D eigenvalue weighted by Crippen LogP contribution is -2.47. The topological polar surface area (TPSA) is 9.23 Å². The normalized spacial score (nSPS) is 11.9. The summed E-state index contributed by atoms with van der Waals surface area (Å²) in [7, 11) is -1.41. The Kier molecular flexibility index (Phi) is 6.92. The van der Waals surface area contributed by atoms with Crippen LogP contribution in [0.3, 0.4) is 0 Å². The second kappa shape index (κ2) is 9.40. The second-order valence-electron chi connectivity index (χ2n) is 7.72. The largest absolute Gasteiger partial charge is 0.532 e. The molecule has 0 aliphatic rings. The quantitative estimate of drug-likeness (QED) is 0.352. The van der Waals surface area contributed by atoms with E-state index in [4.69, 9.17) is 4.43 Å². The summed E-state index contributed by atoms with van der Waals surface area (Å²) >= 11 is 3.48. The summed E-state index contributed by atoms with van der Waals surface area (Å²) in [4.78, 5) is 0. The molecule has 0 aromatic heterocycles. The zero-order chi connectivity index (χ0) is 20.0. The van der Waals surface area contributed by atoms with Gasteiger partial charge in [-0.1, -0.05) is 122 Å². The molecule has 3 rings (SSSR count). The Morgan fingerprint density at radius 3 is 1.93 bits per heavy atom. The molecule has 0 saturated heterocycles. The Balaban J connectivity index is 2.07. The van der Waals surface area contributed by atoms with Gasteiger partial charge in [-0.15, -0.1) is 0 Å². The van der Waals surface area contributed by atoms with Crippen LogP contribution in [0.4, 0.5) is 0 Å². The van der Waals surface area contributed by atoms with Gasteiger partial charge in [0.1, 0.15) is 5.75 Å². The van der Waals surface area contributed by atoms with E-state index in [1.54, 1.807) is 0 Å². The van der Waals surface area contributed by atoms with Crippen LogP contribution in [0.15, 0.2) is 84.9 Å². The third kappa shape index (κ3) is 5.24. The molecule has 3 aromatic rings. The van der Waals surface area contributed by atoms with Gasteiger partial charge in [-0.3, -0.25) is 0 Å². The highest BCUT2D eigenvalue weighted by Gasteiger charge is 2.23. The maximum Gasteiger partial charge on any atom is 0.352 e. The molecular weight excluding hydrogens is 424 g/mol. The Morgan fingerprint density at radius 1 is 0.857 bits per heavy atom. The van der Waals surface area contributed by atoms with Crippen LogP contribution in [0.1, 0.15) is 31.9 Å². The SMILES string of the molecule is CC(C)(C)c1ccc(/C=C/CBr)c(O[Si](c2ccccc2)c2ccccc2)c1. The highest BCUT2D eigenvalue weighted by molar-refractivity contribution is 9.09. The average molecular weight is 450 g/mol. The molecule has 0 aliphatic heterocycles. The minimum atomic E-state index is -1.41. The number of alkyl halides is 1. The molecule has 3 heteroatoms. The maximum atomic E-state index is 6.79. The predicted molar refractivity (Wildman–Crippen MR) is 127 cm³/mol. The van der Waals surface area contributed by atoms with E-state index in [-0.39, 0.29) is 5.41 Å². The summed E-state index contributed by atoms with van der Waals surface area (Å²) in [6.45, 7) is 6.71. The van der Waals surface area contributed by atoms with Gasteiger partial charge in [-0.25, -0.2) is 0 Å². The van der Waals surface area contributed by atoms with Crippen LogP contribution in [0.5, 0.6) is 5.75 Å². The van der Waals surface area contributed by atoms with Gasteiger partial charge in [0.15, 0.2) is 0 Å². The molecular formula is C25H26BrOSi. The highest BCUT2D eigenvalue weighted by Crippen LogP contribution is 2.30. The molecule has 0 fully saturated rings. The molecule has 1 radical (unpaired) electrons. The first-order valence-corrected chi connectivity index (χ1v) is 12.0. The van der Waals surface area contributed by atoms with Gasteiger partial charge < -0.3 is 4.43 Å². The van der Waals surface area contributed by atoms with Crippen molar-refractivity contribution in [3.8, 4) is 5.75 Å². The maximum absolute atomic E-state index is 6.79. The van der Waals surface area contributed by atoms with Gasteiger partial charge in [0.25, 0.3) is 0 Å². The third-order valence-corrected chi connectivity index (χ3v) is 7.06. The number of allylic oxidation sites excluding steroid dienone is 1. The van der Waals surface area contributed by atoms with Crippen LogP contribution in [0.2, 0.25) is 0 Å². The smallest absolute Gasteiger partial charge is 0.352 e. The van der Waals surface area contributed by atoms with Gasteiger partial charge in [-0.05, 0) is 27.4 Å². The molecule has 0 bridgehead atoms. The zero-order valence-corrected chi connectivity index (χ0v) is 19.2. The monoisotopic (exact) mass is 449 g/mol. The first-order chi connectivity index (χ1) is 13.5. The summed E-state index contributed by atoms with van der Waals surface area (Å²) in [6.07, 6.45) is 4.24. The molecule has 0 aliphatic carbocycles. The van der Waals surface area contributed by atoms with E-state index >= 15 is 0 Å². The fraction of sp³-hybridized carbons (Fsp3) is 0.200. The van der Waals surface area contributed by atoms with Crippen molar-refractivity contribution in [1.29, 1.82) is 0 Å².